The first-order chi connectivity index (χ1) is 14.8. The zero-order chi connectivity index (χ0) is 22.5. The van der Waals surface area contributed by atoms with Crippen LogP contribution in [0.4, 0.5) is 11.4 Å². The van der Waals surface area contributed by atoms with Gasteiger partial charge < -0.3 is 15.2 Å². The first-order valence-corrected chi connectivity index (χ1v) is 9.44. The van der Waals surface area contributed by atoms with Crippen LogP contribution in [0.15, 0.2) is 66.7 Å². The third-order valence-electron chi connectivity index (χ3n) is 4.43. The van der Waals surface area contributed by atoms with E-state index >= 15 is 0 Å². The van der Waals surface area contributed by atoms with E-state index in [1.165, 1.54) is 24.3 Å². The van der Waals surface area contributed by atoms with Crippen molar-refractivity contribution in [2.75, 3.05) is 5.32 Å². The monoisotopic (exact) mass is 440 g/mol. The van der Waals surface area contributed by atoms with Crippen molar-refractivity contribution in [1.82, 2.24) is 0 Å². The van der Waals surface area contributed by atoms with Gasteiger partial charge in [-0.3, -0.25) is 14.9 Å². The summed E-state index contributed by atoms with van der Waals surface area (Å²) in [6, 6.07) is 16.2. The molecule has 0 spiro atoms. The van der Waals surface area contributed by atoms with E-state index in [0.29, 0.717) is 11.1 Å². The van der Waals surface area contributed by atoms with Gasteiger partial charge >= 0.3 is 5.97 Å². The Morgan fingerprint density at radius 1 is 1.10 bits per heavy atom. The minimum absolute atomic E-state index is 0.0378. The number of nitrogens with one attached hydrogen (secondary N) is 1. The predicted molar refractivity (Wildman–Crippen MR) is 114 cm³/mol. The second-order valence-electron chi connectivity index (χ2n) is 6.61. The molecule has 0 radical (unpaired) electrons. The molecular weight excluding hydrogens is 424 g/mol. The number of aromatic hydroxyl groups is 1. The van der Waals surface area contributed by atoms with Crippen LogP contribution in [0.5, 0.6) is 5.75 Å². The molecule has 158 valence electrons. The number of esters is 1. The summed E-state index contributed by atoms with van der Waals surface area (Å²) >= 11 is 6.05. The number of benzene rings is 3. The van der Waals surface area contributed by atoms with Crippen LogP contribution in [0.3, 0.4) is 0 Å². The predicted octanol–water partition coefficient (Wildman–Crippen LogP) is 4.80. The number of hydrogen-bond donors (Lipinski definition) is 2. The lowest BCUT2D eigenvalue weighted by Crippen LogP contribution is -2.26. The van der Waals surface area contributed by atoms with E-state index in [9.17, 15) is 24.8 Å². The molecule has 1 unspecified atom stereocenters. The molecule has 0 fully saturated rings. The van der Waals surface area contributed by atoms with E-state index in [1.807, 2.05) is 0 Å². The Morgan fingerprint density at radius 2 is 1.81 bits per heavy atom. The second kappa shape index (κ2) is 9.27. The highest BCUT2D eigenvalue weighted by atomic mass is 35.5. The Hall–Kier alpha value is -3.91. The van der Waals surface area contributed by atoms with Gasteiger partial charge in [0.2, 0.25) is 6.10 Å². The molecule has 0 saturated heterocycles. The van der Waals surface area contributed by atoms with Crippen molar-refractivity contribution in [3.8, 4) is 5.75 Å². The molecule has 0 aliphatic rings. The summed E-state index contributed by atoms with van der Waals surface area (Å²) < 4.78 is 5.44. The third kappa shape index (κ3) is 5.18. The molecule has 0 aromatic heterocycles. The Morgan fingerprint density at radius 3 is 2.42 bits per heavy atom. The van der Waals surface area contributed by atoms with Gasteiger partial charge in [0.05, 0.1) is 21.2 Å². The van der Waals surface area contributed by atoms with Gasteiger partial charge in [-0.1, -0.05) is 48.0 Å². The summed E-state index contributed by atoms with van der Waals surface area (Å²) in [4.78, 5) is 35.8. The third-order valence-corrected chi connectivity index (χ3v) is 4.74. The fourth-order valence-electron chi connectivity index (χ4n) is 2.73. The molecule has 0 heterocycles. The van der Waals surface area contributed by atoms with Crippen molar-refractivity contribution >= 4 is 34.9 Å². The number of nitro groups is 1. The lowest BCUT2D eigenvalue weighted by atomic mass is 10.1. The van der Waals surface area contributed by atoms with Crippen LogP contribution < -0.4 is 5.32 Å². The number of hydrogen-bond acceptors (Lipinski definition) is 6. The van der Waals surface area contributed by atoms with Crippen molar-refractivity contribution in [1.29, 1.82) is 0 Å². The van der Waals surface area contributed by atoms with Crippen LogP contribution in [0.25, 0.3) is 0 Å². The van der Waals surface area contributed by atoms with Crippen LogP contribution in [0, 0.1) is 17.0 Å². The molecule has 9 heteroatoms. The van der Waals surface area contributed by atoms with Gasteiger partial charge in [0.25, 0.3) is 11.6 Å². The minimum atomic E-state index is -1.33. The molecule has 8 nitrogen and oxygen atoms in total. The fraction of sp³-hybridized carbons (Fsp3) is 0.0909. The lowest BCUT2D eigenvalue weighted by molar-refractivity contribution is -0.384. The molecule has 1 amide bonds. The highest BCUT2D eigenvalue weighted by molar-refractivity contribution is 6.34. The molecule has 2 N–H and O–H groups in total. The molecular formula is C22H17ClN2O6. The average Bonchev–Trinajstić information content (AvgIpc) is 2.75. The minimum Gasteiger partial charge on any atom is -0.508 e. The van der Waals surface area contributed by atoms with Crippen molar-refractivity contribution in [2.45, 2.75) is 13.0 Å². The number of non-ortho nitro benzene ring substituents is 1. The number of ether oxygens (including phenoxy) is 1. The van der Waals surface area contributed by atoms with E-state index in [-0.39, 0.29) is 27.7 Å². The van der Waals surface area contributed by atoms with Gasteiger partial charge in [-0.2, -0.15) is 0 Å². The van der Waals surface area contributed by atoms with Crippen LogP contribution in [-0.2, 0) is 9.53 Å². The van der Waals surface area contributed by atoms with Crippen molar-refractivity contribution in [2.24, 2.45) is 0 Å². The molecule has 0 bridgehead atoms. The zero-order valence-electron chi connectivity index (χ0n) is 16.2. The quantitative estimate of drug-likeness (QED) is 0.323. The Balaban J connectivity index is 1.87. The van der Waals surface area contributed by atoms with Crippen LogP contribution in [-0.4, -0.2) is 21.9 Å². The molecule has 31 heavy (non-hydrogen) atoms. The highest BCUT2D eigenvalue weighted by Gasteiger charge is 2.27. The molecule has 1 atom stereocenters. The summed E-state index contributed by atoms with van der Waals surface area (Å²) in [6.07, 6.45) is -1.33. The number of anilines is 1. The van der Waals surface area contributed by atoms with Gasteiger partial charge in [0, 0.05) is 17.7 Å². The normalized spacial score (nSPS) is 11.4. The van der Waals surface area contributed by atoms with Crippen LogP contribution in [0.1, 0.15) is 27.6 Å². The summed E-state index contributed by atoms with van der Waals surface area (Å²) in [6.45, 7) is 1.68. The van der Waals surface area contributed by atoms with E-state index in [2.05, 4.69) is 5.32 Å². The number of carbonyl (C=O) groups excluding carboxylic acids is 2. The summed E-state index contributed by atoms with van der Waals surface area (Å²) in [5.74, 6) is -1.59. The lowest BCUT2D eigenvalue weighted by Gasteiger charge is -2.18. The van der Waals surface area contributed by atoms with E-state index in [4.69, 9.17) is 16.3 Å². The van der Waals surface area contributed by atoms with E-state index < -0.39 is 22.9 Å². The summed E-state index contributed by atoms with van der Waals surface area (Å²) in [5.41, 5.74) is 0.963. The van der Waals surface area contributed by atoms with Gasteiger partial charge in [-0.25, -0.2) is 4.79 Å². The van der Waals surface area contributed by atoms with Crippen LogP contribution in [0.2, 0.25) is 5.02 Å². The second-order valence-corrected chi connectivity index (χ2v) is 7.02. The first-order valence-electron chi connectivity index (χ1n) is 9.06. The maximum absolute atomic E-state index is 12.9. The number of halogens is 1. The summed E-state index contributed by atoms with van der Waals surface area (Å²) in [7, 11) is 0. The number of nitro benzene ring substituents is 1. The first kappa shape index (κ1) is 21.8. The Labute approximate surface area is 182 Å². The maximum Gasteiger partial charge on any atom is 0.339 e. The number of nitrogens with zero attached hydrogens (tertiary/aromatic N) is 1. The average molecular weight is 441 g/mol. The number of rotatable bonds is 6. The summed E-state index contributed by atoms with van der Waals surface area (Å²) in [5, 5.41) is 23.2. The number of phenolic OH excluding ortho intramolecular Hbond substituents is 1. The van der Waals surface area contributed by atoms with Crippen LogP contribution >= 0.6 is 11.6 Å². The smallest absolute Gasteiger partial charge is 0.339 e. The molecule has 0 saturated carbocycles. The largest absolute Gasteiger partial charge is 0.508 e. The van der Waals surface area contributed by atoms with Crippen molar-refractivity contribution in [3.05, 3.63) is 98.6 Å². The number of carbonyl (C=O) groups is 2. The van der Waals surface area contributed by atoms with Crippen molar-refractivity contribution < 1.29 is 24.4 Å². The van der Waals surface area contributed by atoms with Crippen molar-refractivity contribution in [3.63, 3.8) is 0 Å². The standard InChI is InChI=1S/C22H17ClN2O6/c1-13-7-8-15(11-19(13)26)22(28)31-20(14-5-3-2-4-6-14)21(27)24-18-10-9-16(25(29)30)12-17(18)23/h2-12,20,26H,1H3,(H,24,27). The number of amides is 1. The molecule has 0 aliphatic heterocycles. The van der Waals surface area contributed by atoms with Gasteiger partial charge in [-0.15, -0.1) is 0 Å². The Kier molecular flexibility index (Phi) is 6.52. The van der Waals surface area contributed by atoms with Gasteiger partial charge in [0.15, 0.2) is 0 Å². The highest BCUT2D eigenvalue weighted by Crippen LogP contribution is 2.29. The number of aryl methyl sites for hydroxylation is 1. The maximum atomic E-state index is 12.9. The zero-order valence-corrected chi connectivity index (χ0v) is 17.0. The molecule has 3 rings (SSSR count). The van der Waals surface area contributed by atoms with E-state index in [0.717, 1.165) is 6.07 Å². The van der Waals surface area contributed by atoms with Gasteiger partial charge in [-0.05, 0) is 30.7 Å². The van der Waals surface area contributed by atoms with Gasteiger partial charge in [0.1, 0.15) is 5.75 Å². The Bertz CT molecular complexity index is 1150. The topological polar surface area (TPSA) is 119 Å². The molecule has 3 aromatic carbocycles. The molecule has 3 aromatic rings. The fourth-order valence-corrected chi connectivity index (χ4v) is 2.95. The van der Waals surface area contributed by atoms with E-state index in [1.54, 1.807) is 43.3 Å². The molecule has 0 aliphatic carbocycles. The number of phenols is 1. The SMILES string of the molecule is Cc1ccc(C(=O)OC(C(=O)Nc2ccc([N+](=O)[O-])cc2Cl)c2ccccc2)cc1O.